The maximum absolute atomic E-state index is 12.0. The van der Waals surface area contributed by atoms with E-state index in [1.54, 1.807) is 25.1 Å². The van der Waals surface area contributed by atoms with Crippen LogP contribution in [0.25, 0.3) is 0 Å². The Balaban J connectivity index is 2.05. The number of anilines is 1. The van der Waals surface area contributed by atoms with Gasteiger partial charge in [0.25, 0.3) is 11.6 Å². The summed E-state index contributed by atoms with van der Waals surface area (Å²) in [4.78, 5) is 34.1. The van der Waals surface area contributed by atoms with E-state index in [9.17, 15) is 19.7 Å². The largest absolute Gasteiger partial charge is 0.452 e. The Morgan fingerprint density at radius 3 is 2.64 bits per heavy atom. The summed E-state index contributed by atoms with van der Waals surface area (Å²) in [6.07, 6.45) is 0. The van der Waals surface area contributed by atoms with Crippen molar-refractivity contribution in [1.29, 1.82) is 0 Å². The van der Waals surface area contributed by atoms with Gasteiger partial charge in [0.05, 0.1) is 4.92 Å². The molecular weight excluding hydrogens is 371 g/mol. The minimum Gasteiger partial charge on any atom is -0.452 e. The van der Waals surface area contributed by atoms with Gasteiger partial charge in [-0.3, -0.25) is 14.9 Å². The van der Waals surface area contributed by atoms with Crippen LogP contribution in [0.4, 0.5) is 11.4 Å². The highest BCUT2D eigenvalue weighted by Gasteiger charge is 2.22. The van der Waals surface area contributed by atoms with E-state index >= 15 is 0 Å². The molecule has 0 bridgehead atoms. The van der Waals surface area contributed by atoms with E-state index in [1.165, 1.54) is 6.07 Å². The van der Waals surface area contributed by atoms with E-state index in [0.717, 1.165) is 12.1 Å². The molecule has 0 spiro atoms. The number of esters is 1. The lowest BCUT2D eigenvalue weighted by Crippen LogP contribution is -2.21. The predicted molar refractivity (Wildman–Crippen MR) is 93.2 cm³/mol. The average molecular weight is 383 g/mol. The molecule has 0 saturated carbocycles. The van der Waals surface area contributed by atoms with Crippen molar-refractivity contribution in [2.24, 2.45) is 0 Å². The Morgan fingerprint density at radius 2 is 1.96 bits per heavy atom. The first-order chi connectivity index (χ1) is 11.8. The summed E-state index contributed by atoms with van der Waals surface area (Å²) in [7, 11) is 0. The van der Waals surface area contributed by atoms with Gasteiger partial charge in [-0.1, -0.05) is 29.3 Å². The summed E-state index contributed by atoms with van der Waals surface area (Å²) in [5.74, 6) is -1.63. The van der Waals surface area contributed by atoms with Crippen molar-refractivity contribution in [3.05, 3.63) is 67.7 Å². The van der Waals surface area contributed by atoms with E-state index in [4.69, 9.17) is 27.9 Å². The molecule has 0 heterocycles. The molecule has 25 heavy (non-hydrogen) atoms. The molecule has 0 radical (unpaired) electrons. The summed E-state index contributed by atoms with van der Waals surface area (Å²) in [5.41, 5.74) is 0.348. The fourth-order valence-electron chi connectivity index (χ4n) is 1.97. The molecule has 9 heteroatoms. The van der Waals surface area contributed by atoms with Crippen LogP contribution in [0.3, 0.4) is 0 Å². The molecule has 0 fully saturated rings. The molecule has 2 aromatic carbocycles. The smallest absolute Gasteiger partial charge is 0.345 e. The van der Waals surface area contributed by atoms with E-state index in [0.29, 0.717) is 16.3 Å². The summed E-state index contributed by atoms with van der Waals surface area (Å²) in [6.45, 7) is 1.10. The molecule has 0 aromatic heterocycles. The zero-order valence-electron chi connectivity index (χ0n) is 12.9. The second-order valence-corrected chi connectivity index (χ2v) is 5.80. The lowest BCUT2D eigenvalue weighted by atomic mass is 10.2. The number of rotatable bonds is 5. The van der Waals surface area contributed by atoms with Crippen LogP contribution in [-0.4, -0.2) is 23.4 Å². The molecule has 2 aromatic rings. The number of nitro groups is 1. The molecule has 0 saturated heterocycles. The quantitative estimate of drug-likeness (QED) is 0.478. The highest BCUT2D eigenvalue weighted by molar-refractivity contribution is 6.32. The standard InChI is InChI=1S/C16H12Cl2N2O5/c1-9-12(18)3-2-4-13(9)19-15(21)8-25-16(22)11-7-10(17)5-6-14(11)20(23)24/h2-7H,8H2,1H3,(H,19,21). The number of carbonyl (C=O) groups is 2. The van der Waals surface area contributed by atoms with Crippen LogP contribution in [0.1, 0.15) is 15.9 Å². The number of amides is 1. The minimum absolute atomic E-state index is 0.136. The SMILES string of the molecule is Cc1c(Cl)cccc1NC(=O)COC(=O)c1cc(Cl)ccc1[N+](=O)[O-]. The second-order valence-electron chi connectivity index (χ2n) is 4.96. The topological polar surface area (TPSA) is 98.5 Å². The van der Waals surface area contributed by atoms with Gasteiger partial charge in [-0.2, -0.15) is 0 Å². The molecule has 1 amide bonds. The first-order valence-corrected chi connectivity index (χ1v) is 7.71. The van der Waals surface area contributed by atoms with Crippen LogP contribution >= 0.6 is 23.2 Å². The first kappa shape index (κ1) is 18.7. The van der Waals surface area contributed by atoms with Crippen molar-refractivity contribution in [1.82, 2.24) is 0 Å². The van der Waals surface area contributed by atoms with E-state index in [-0.39, 0.29) is 10.6 Å². The Labute approximate surface area is 152 Å². The van der Waals surface area contributed by atoms with Crippen molar-refractivity contribution in [3.63, 3.8) is 0 Å². The maximum atomic E-state index is 12.0. The molecule has 0 aliphatic carbocycles. The molecule has 7 nitrogen and oxygen atoms in total. The fourth-order valence-corrected chi connectivity index (χ4v) is 2.32. The second kappa shape index (κ2) is 7.96. The Hall–Kier alpha value is -2.64. The molecule has 130 valence electrons. The van der Waals surface area contributed by atoms with Gasteiger partial charge in [-0.25, -0.2) is 4.79 Å². The number of halogens is 2. The number of carbonyl (C=O) groups excluding carboxylic acids is 2. The third-order valence-corrected chi connectivity index (χ3v) is 3.90. The Morgan fingerprint density at radius 1 is 1.24 bits per heavy atom. The number of benzene rings is 2. The van der Waals surface area contributed by atoms with Gasteiger partial charge in [-0.05, 0) is 36.8 Å². The maximum Gasteiger partial charge on any atom is 0.345 e. The molecule has 0 aliphatic heterocycles. The van der Waals surface area contributed by atoms with Gasteiger partial charge in [0.15, 0.2) is 6.61 Å². The van der Waals surface area contributed by atoms with Crippen LogP contribution in [0.15, 0.2) is 36.4 Å². The number of nitrogens with zero attached hydrogens (tertiary/aromatic N) is 1. The monoisotopic (exact) mass is 382 g/mol. The van der Waals surface area contributed by atoms with Gasteiger partial charge in [0.2, 0.25) is 0 Å². The van der Waals surface area contributed by atoms with E-state index < -0.39 is 29.1 Å². The van der Waals surface area contributed by atoms with Crippen LogP contribution in [0, 0.1) is 17.0 Å². The van der Waals surface area contributed by atoms with Crippen molar-refractivity contribution in [2.45, 2.75) is 6.92 Å². The summed E-state index contributed by atoms with van der Waals surface area (Å²) in [6, 6.07) is 8.46. The van der Waals surface area contributed by atoms with Crippen molar-refractivity contribution < 1.29 is 19.2 Å². The van der Waals surface area contributed by atoms with Gasteiger partial charge in [0, 0.05) is 21.8 Å². The zero-order valence-corrected chi connectivity index (χ0v) is 14.4. The molecule has 0 atom stereocenters. The number of nitrogens with one attached hydrogen (secondary N) is 1. The number of hydrogen-bond acceptors (Lipinski definition) is 5. The molecular formula is C16H12Cl2N2O5. The summed E-state index contributed by atoms with van der Waals surface area (Å²) in [5, 5.41) is 14.1. The van der Waals surface area contributed by atoms with E-state index in [1.807, 2.05) is 0 Å². The van der Waals surface area contributed by atoms with Crippen molar-refractivity contribution in [3.8, 4) is 0 Å². The molecule has 1 N–H and O–H groups in total. The summed E-state index contributed by atoms with van der Waals surface area (Å²) >= 11 is 11.7. The van der Waals surface area contributed by atoms with Crippen LogP contribution < -0.4 is 5.32 Å². The lowest BCUT2D eigenvalue weighted by molar-refractivity contribution is -0.385. The van der Waals surface area contributed by atoms with Crippen molar-refractivity contribution in [2.75, 3.05) is 11.9 Å². The van der Waals surface area contributed by atoms with Crippen LogP contribution in [0.5, 0.6) is 0 Å². The highest BCUT2D eigenvalue weighted by Crippen LogP contribution is 2.24. The fraction of sp³-hybridized carbons (Fsp3) is 0.125. The Bertz CT molecular complexity index is 854. The lowest BCUT2D eigenvalue weighted by Gasteiger charge is -2.10. The van der Waals surface area contributed by atoms with Crippen LogP contribution in [-0.2, 0) is 9.53 Å². The Kier molecular flexibility index (Phi) is 5.95. The minimum atomic E-state index is -1.02. The molecule has 2 rings (SSSR count). The van der Waals surface area contributed by atoms with Gasteiger partial charge in [0.1, 0.15) is 5.56 Å². The predicted octanol–water partition coefficient (Wildman–Crippen LogP) is 4.01. The molecule has 0 aliphatic rings. The highest BCUT2D eigenvalue weighted by atomic mass is 35.5. The normalized spacial score (nSPS) is 10.2. The summed E-state index contributed by atoms with van der Waals surface area (Å²) < 4.78 is 4.83. The number of ether oxygens (including phenoxy) is 1. The van der Waals surface area contributed by atoms with Gasteiger partial charge >= 0.3 is 5.97 Å². The zero-order chi connectivity index (χ0) is 18.6. The third-order valence-electron chi connectivity index (χ3n) is 3.25. The van der Waals surface area contributed by atoms with Crippen molar-refractivity contribution >= 4 is 46.5 Å². The number of nitro benzene ring substituents is 1. The molecule has 0 unspecified atom stereocenters. The third kappa shape index (κ3) is 4.68. The van der Waals surface area contributed by atoms with E-state index in [2.05, 4.69) is 5.32 Å². The van der Waals surface area contributed by atoms with Gasteiger partial charge < -0.3 is 10.1 Å². The van der Waals surface area contributed by atoms with Gasteiger partial charge in [-0.15, -0.1) is 0 Å². The van der Waals surface area contributed by atoms with Crippen LogP contribution in [0.2, 0.25) is 10.0 Å². The first-order valence-electron chi connectivity index (χ1n) is 6.95. The number of hydrogen-bond donors (Lipinski definition) is 1. The average Bonchev–Trinajstić information content (AvgIpc) is 2.56.